The first kappa shape index (κ1) is 17.3. The van der Waals surface area contributed by atoms with Crippen LogP contribution in [0.1, 0.15) is 5.56 Å². The van der Waals surface area contributed by atoms with Gasteiger partial charge in [-0.05, 0) is 30.7 Å². The maximum Gasteiger partial charge on any atom is 0.344 e. The van der Waals surface area contributed by atoms with Gasteiger partial charge in [0.05, 0.1) is 4.92 Å². The number of carbonyl (C=O) groups is 1. The van der Waals surface area contributed by atoms with Crippen molar-refractivity contribution >= 4 is 11.7 Å². The minimum absolute atomic E-state index is 0.0236. The summed E-state index contributed by atoms with van der Waals surface area (Å²) in [4.78, 5) is 21.8. The van der Waals surface area contributed by atoms with Crippen LogP contribution in [0.5, 0.6) is 11.5 Å². The lowest BCUT2D eigenvalue weighted by molar-refractivity contribution is -0.385. The predicted octanol–water partition coefficient (Wildman–Crippen LogP) is 2.90. The molecule has 2 aromatic carbocycles. The van der Waals surface area contributed by atoms with Crippen LogP contribution in [-0.2, 0) is 9.53 Å². The van der Waals surface area contributed by atoms with E-state index < -0.39 is 17.5 Å². The second-order valence-electron chi connectivity index (χ2n) is 4.90. The molecule has 0 fully saturated rings. The molecule has 0 heterocycles. The molecular weight excluding hydrogens is 314 g/mol. The molecule has 2 rings (SSSR count). The Hall–Kier alpha value is -3.09. The van der Waals surface area contributed by atoms with Crippen LogP contribution in [-0.4, -0.2) is 30.7 Å². The number of hydrogen-bond donors (Lipinski definition) is 0. The molecule has 0 radical (unpaired) electrons. The van der Waals surface area contributed by atoms with Crippen molar-refractivity contribution in [1.82, 2.24) is 0 Å². The highest BCUT2D eigenvalue weighted by Crippen LogP contribution is 2.25. The molecule has 7 heteroatoms. The van der Waals surface area contributed by atoms with E-state index in [9.17, 15) is 14.9 Å². The van der Waals surface area contributed by atoms with Crippen LogP contribution >= 0.6 is 0 Å². The molecule has 0 aromatic heterocycles. The average Bonchev–Trinajstić information content (AvgIpc) is 2.57. The van der Waals surface area contributed by atoms with Crippen molar-refractivity contribution < 1.29 is 23.9 Å². The lowest BCUT2D eigenvalue weighted by Crippen LogP contribution is -2.18. The van der Waals surface area contributed by atoms with Gasteiger partial charge in [0.1, 0.15) is 19.0 Å². The van der Waals surface area contributed by atoms with E-state index in [1.54, 1.807) is 6.07 Å². The molecule has 2 aromatic rings. The summed E-state index contributed by atoms with van der Waals surface area (Å²) in [6.07, 6.45) is 0. The van der Waals surface area contributed by atoms with Gasteiger partial charge >= 0.3 is 11.7 Å². The van der Waals surface area contributed by atoms with Crippen LogP contribution in [0.25, 0.3) is 0 Å². The summed E-state index contributed by atoms with van der Waals surface area (Å²) in [5, 5.41) is 10.8. The Kier molecular flexibility index (Phi) is 6.13. The number of nitrogens with zero attached hydrogens (tertiary/aromatic N) is 1. The van der Waals surface area contributed by atoms with Gasteiger partial charge in [-0.2, -0.15) is 0 Å². The highest BCUT2D eigenvalue weighted by Gasteiger charge is 2.15. The summed E-state index contributed by atoms with van der Waals surface area (Å²) in [6, 6.07) is 13.3. The molecule has 0 aliphatic rings. The smallest absolute Gasteiger partial charge is 0.344 e. The highest BCUT2D eigenvalue weighted by atomic mass is 16.6. The first-order valence-electron chi connectivity index (χ1n) is 7.27. The molecule has 24 heavy (non-hydrogen) atoms. The molecule has 0 saturated heterocycles. The van der Waals surface area contributed by atoms with E-state index in [1.165, 1.54) is 18.2 Å². The standard InChI is InChI=1S/C17H17NO6/c1-13-5-4-6-14(11-13)22-9-10-23-17(19)12-24-16-8-3-2-7-15(16)18(20)21/h2-8,11H,9-10,12H2,1H3. The molecule has 126 valence electrons. The van der Waals surface area contributed by atoms with Crippen molar-refractivity contribution in [3.63, 3.8) is 0 Å². The molecule has 0 amide bonds. The monoisotopic (exact) mass is 331 g/mol. The third kappa shape index (κ3) is 5.28. The van der Waals surface area contributed by atoms with Crippen LogP contribution in [0.3, 0.4) is 0 Å². The Bertz CT molecular complexity index is 716. The highest BCUT2D eigenvalue weighted by molar-refractivity contribution is 5.71. The van der Waals surface area contributed by atoms with Gasteiger partial charge in [-0.15, -0.1) is 0 Å². The van der Waals surface area contributed by atoms with Crippen molar-refractivity contribution in [3.05, 3.63) is 64.2 Å². The summed E-state index contributed by atoms with van der Waals surface area (Å²) in [6.45, 7) is 1.82. The number of aryl methyl sites for hydroxylation is 1. The number of para-hydroxylation sites is 2. The Balaban J connectivity index is 1.71. The Morgan fingerprint density at radius 2 is 1.88 bits per heavy atom. The second kappa shape index (κ2) is 8.52. The third-order valence-corrected chi connectivity index (χ3v) is 3.01. The quantitative estimate of drug-likeness (QED) is 0.320. The fourth-order valence-corrected chi connectivity index (χ4v) is 1.93. The van der Waals surface area contributed by atoms with E-state index in [-0.39, 0.29) is 24.7 Å². The predicted molar refractivity (Wildman–Crippen MR) is 86.2 cm³/mol. The number of hydrogen-bond acceptors (Lipinski definition) is 6. The zero-order chi connectivity index (χ0) is 17.4. The number of esters is 1. The van der Waals surface area contributed by atoms with E-state index in [0.29, 0.717) is 5.75 Å². The Labute approximate surface area is 138 Å². The van der Waals surface area contributed by atoms with Gasteiger partial charge in [-0.1, -0.05) is 24.3 Å². The fourth-order valence-electron chi connectivity index (χ4n) is 1.93. The number of benzene rings is 2. The number of nitro groups is 1. The lowest BCUT2D eigenvalue weighted by Gasteiger charge is -2.09. The van der Waals surface area contributed by atoms with Crippen LogP contribution < -0.4 is 9.47 Å². The lowest BCUT2D eigenvalue weighted by atomic mass is 10.2. The number of nitro benzene ring substituents is 1. The molecule has 0 atom stereocenters. The number of ether oxygens (including phenoxy) is 3. The maximum atomic E-state index is 11.6. The van der Waals surface area contributed by atoms with Crippen molar-refractivity contribution in [2.45, 2.75) is 6.92 Å². The number of rotatable bonds is 8. The summed E-state index contributed by atoms with van der Waals surface area (Å²) < 4.78 is 15.5. The van der Waals surface area contributed by atoms with Gasteiger partial charge in [0, 0.05) is 6.07 Å². The van der Waals surface area contributed by atoms with E-state index in [1.807, 2.05) is 31.2 Å². The zero-order valence-corrected chi connectivity index (χ0v) is 13.1. The molecule has 7 nitrogen and oxygen atoms in total. The van der Waals surface area contributed by atoms with Gasteiger partial charge in [-0.25, -0.2) is 4.79 Å². The van der Waals surface area contributed by atoms with Gasteiger partial charge in [0.25, 0.3) is 0 Å². The van der Waals surface area contributed by atoms with Crippen LogP contribution in [0, 0.1) is 17.0 Å². The summed E-state index contributed by atoms with van der Waals surface area (Å²) >= 11 is 0. The number of carbonyl (C=O) groups excluding carboxylic acids is 1. The first-order chi connectivity index (χ1) is 11.6. The molecule has 0 N–H and O–H groups in total. The van der Waals surface area contributed by atoms with Crippen LogP contribution in [0.2, 0.25) is 0 Å². The van der Waals surface area contributed by atoms with Gasteiger partial charge in [0.15, 0.2) is 12.4 Å². The second-order valence-corrected chi connectivity index (χ2v) is 4.90. The largest absolute Gasteiger partial charge is 0.490 e. The summed E-state index contributed by atoms with van der Waals surface area (Å²) in [5.41, 5.74) is 0.871. The first-order valence-corrected chi connectivity index (χ1v) is 7.27. The molecule has 0 aliphatic carbocycles. The average molecular weight is 331 g/mol. The van der Waals surface area contributed by atoms with Gasteiger partial charge in [0.2, 0.25) is 0 Å². The summed E-state index contributed by atoms with van der Waals surface area (Å²) in [5.74, 6) is 0.0960. The van der Waals surface area contributed by atoms with E-state index >= 15 is 0 Å². The Morgan fingerprint density at radius 3 is 2.62 bits per heavy atom. The SMILES string of the molecule is Cc1cccc(OCCOC(=O)COc2ccccc2[N+](=O)[O-])c1. The molecule has 0 saturated carbocycles. The third-order valence-electron chi connectivity index (χ3n) is 3.01. The minimum Gasteiger partial charge on any atom is -0.490 e. The van der Waals surface area contributed by atoms with Crippen LogP contribution in [0.4, 0.5) is 5.69 Å². The molecule has 0 unspecified atom stereocenters. The van der Waals surface area contributed by atoms with Crippen molar-refractivity contribution in [2.75, 3.05) is 19.8 Å². The summed E-state index contributed by atoms with van der Waals surface area (Å²) in [7, 11) is 0. The molecule has 0 bridgehead atoms. The van der Waals surface area contributed by atoms with Gasteiger partial charge in [-0.3, -0.25) is 10.1 Å². The zero-order valence-electron chi connectivity index (χ0n) is 13.1. The van der Waals surface area contributed by atoms with Crippen molar-refractivity contribution in [3.8, 4) is 11.5 Å². The Morgan fingerprint density at radius 1 is 1.08 bits per heavy atom. The molecule has 0 spiro atoms. The van der Waals surface area contributed by atoms with Crippen LogP contribution in [0.15, 0.2) is 48.5 Å². The normalized spacial score (nSPS) is 10.0. The van der Waals surface area contributed by atoms with Gasteiger partial charge < -0.3 is 14.2 Å². The van der Waals surface area contributed by atoms with E-state index in [0.717, 1.165) is 5.56 Å². The molecule has 0 aliphatic heterocycles. The maximum absolute atomic E-state index is 11.6. The molecular formula is C17H17NO6. The van der Waals surface area contributed by atoms with E-state index in [2.05, 4.69) is 0 Å². The topological polar surface area (TPSA) is 87.9 Å². The van der Waals surface area contributed by atoms with E-state index in [4.69, 9.17) is 14.2 Å². The van der Waals surface area contributed by atoms with Crippen molar-refractivity contribution in [1.29, 1.82) is 0 Å². The fraction of sp³-hybridized carbons (Fsp3) is 0.235. The van der Waals surface area contributed by atoms with Crippen molar-refractivity contribution in [2.24, 2.45) is 0 Å². The minimum atomic E-state index is -0.624.